The molecule has 0 saturated carbocycles. The molecule has 3 heterocycles. The lowest BCUT2D eigenvalue weighted by molar-refractivity contribution is -0.158. The number of fused-ring (bicyclic) bond motifs is 1. The number of nitrogens with one attached hydrogen (secondary N) is 2. The minimum Gasteiger partial charge on any atom is -0.458 e. The Hall–Kier alpha value is -3.41. The summed E-state index contributed by atoms with van der Waals surface area (Å²) < 4.78 is 65.3. The number of urea groups is 1. The van der Waals surface area contributed by atoms with Crippen molar-refractivity contribution >= 4 is 28.6 Å². The number of rotatable bonds is 4. The van der Waals surface area contributed by atoms with Gasteiger partial charge in [0.15, 0.2) is 6.04 Å². The third-order valence-corrected chi connectivity index (χ3v) is 4.99. The minimum atomic E-state index is -4.86. The zero-order valence-electron chi connectivity index (χ0n) is 16.9. The maximum Gasteiger partial charge on any atom is 0.416 e. The molecule has 1 aromatic carbocycles. The second-order valence-electron chi connectivity index (χ2n) is 7.18. The number of alkyl halides is 3. The molecule has 1 atom stereocenters. The molecule has 0 bridgehead atoms. The first-order chi connectivity index (χ1) is 15.2. The number of amides is 2. The Bertz CT molecular complexity index is 1110. The number of aryl methyl sites for hydroxylation is 1. The molecule has 2 amide bonds. The van der Waals surface area contributed by atoms with E-state index in [0.29, 0.717) is 32.3 Å². The second kappa shape index (κ2) is 8.61. The van der Waals surface area contributed by atoms with E-state index in [2.05, 4.69) is 15.3 Å². The topological polar surface area (TPSA) is 92.5 Å². The van der Waals surface area contributed by atoms with E-state index in [1.807, 2.05) is 10.2 Å². The van der Waals surface area contributed by atoms with Gasteiger partial charge in [-0.2, -0.15) is 13.2 Å². The quantitative estimate of drug-likeness (QED) is 0.582. The van der Waals surface area contributed by atoms with Crippen LogP contribution in [0.3, 0.4) is 0 Å². The fraction of sp³-hybridized carbons (Fsp3) is 0.350. The highest BCUT2D eigenvalue weighted by atomic mass is 19.4. The Balaban J connectivity index is 1.50. The molecule has 0 spiro atoms. The largest absolute Gasteiger partial charge is 0.458 e. The van der Waals surface area contributed by atoms with Gasteiger partial charge in [-0.3, -0.25) is 0 Å². The van der Waals surface area contributed by atoms with Crippen LogP contribution in [0, 0.1) is 12.7 Å². The number of hydrogen-bond acceptors (Lipinski definition) is 6. The summed E-state index contributed by atoms with van der Waals surface area (Å²) in [6, 6.07) is -0.161. The molecule has 1 saturated heterocycles. The molecular formula is C20H19F4N5O3. The molecule has 32 heavy (non-hydrogen) atoms. The molecule has 2 aromatic heterocycles. The average Bonchev–Trinajstić information content (AvgIpc) is 3.08. The molecule has 12 heteroatoms. The molecule has 0 radical (unpaired) electrons. The van der Waals surface area contributed by atoms with E-state index < -0.39 is 29.8 Å². The maximum atomic E-state index is 13.7. The zero-order chi connectivity index (χ0) is 22.9. The first-order valence-electron chi connectivity index (χ1n) is 9.70. The van der Waals surface area contributed by atoms with Crippen molar-refractivity contribution in [3.8, 4) is 0 Å². The van der Waals surface area contributed by atoms with Crippen molar-refractivity contribution in [3.63, 3.8) is 0 Å². The predicted octanol–water partition coefficient (Wildman–Crippen LogP) is 3.93. The number of furan rings is 1. The fourth-order valence-electron chi connectivity index (χ4n) is 3.39. The van der Waals surface area contributed by atoms with E-state index in [-0.39, 0.29) is 22.2 Å². The average molecular weight is 453 g/mol. The van der Waals surface area contributed by atoms with Crippen LogP contribution < -0.4 is 15.5 Å². The van der Waals surface area contributed by atoms with Crippen LogP contribution in [0.5, 0.6) is 0 Å². The van der Waals surface area contributed by atoms with E-state index in [4.69, 9.17) is 9.15 Å². The summed E-state index contributed by atoms with van der Waals surface area (Å²) in [6.45, 7) is 3.68. The molecule has 1 fully saturated rings. The normalized spacial score (nSPS) is 15.6. The van der Waals surface area contributed by atoms with Crippen LogP contribution in [0.1, 0.15) is 17.4 Å². The summed E-state index contributed by atoms with van der Waals surface area (Å²) in [7, 11) is 0. The van der Waals surface area contributed by atoms with Crippen molar-refractivity contribution in [2.24, 2.45) is 0 Å². The summed E-state index contributed by atoms with van der Waals surface area (Å²) in [6.07, 6.45) is -2.25. The van der Waals surface area contributed by atoms with Gasteiger partial charge >= 0.3 is 12.2 Å². The highest BCUT2D eigenvalue weighted by molar-refractivity contribution is 5.89. The van der Waals surface area contributed by atoms with E-state index >= 15 is 0 Å². The number of hydrogen-bond donors (Lipinski definition) is 2. The van der Waals surface area contributed by atoms with Gasteiger partial charge in [0.25, 0.3) is 0 Å². The minimum absolute atomic E-state index is 0.0836. The third kappa shape index (κ3) is 4.59. The lowest BCUT2D eigenvalue weighted by Gasteiger charge is -2.26. The standard InChI is InChI=1S/C20H19F4N5O3/c1-11-14-8-12(21)2-3-15(14)32-16(11)17(20(22,23)24)28-19(30)27-13-9-25-18(26-10-13)29-4-6-31-7-5-29/h2-3,8-10,17H,4-7H2,1H3,(H2,27,28,30)/t17-/m1/s1. The number of anilines is 2. The van der Waals surface area contributed by atoms with Gasteiger partial charge in [0.2, 0.25) is 5.95 Å². The lowest BCUT2D eigenvalue weighted by atomic mass is 10.1. The van der Waals surface area contributed by atoms with Crippen molar-refractivity contribution in [1.82, 2.24) is 15.3 Å². The van der Waals surface area contributed by atoms with Crippen molar-refractivity contribution in [2.45, 2.75) is 19.1 Å². The van der Waals surface area contributed by atoms with Crippen LogP contribution >= 0.6 is 0 Å². The van der Waals surface area contributed by atoms with Gasteiger partial charge in [0.1, 0.15) is 17.2 Å². The zero-order valence-corrected chi connectivity index (χ0v) is 16.9. The van der Waals surface area contributed by atoms with Crippen LogP contribution in [0.25, 0.3) is 11.0 Å². The van der Waals surface area contributed by atoms with Gasteiger partial charge in [0.05, 0.1) is 31.3 Å². The second-order valence-corrected chi connectivity index (χ2v) is 7.18. The molecule has 4 rings (SSSR count). The molecule has 8 nitrogen and oxygen atoms in total. The Labute approximate surface area is 179 Å². The summed E-state index contributed by atoms with van der Waals surface area (Å²) in [5.41, 5.74) is 0.284. The van der Waals surface area contributed by atoms with Gasteiger partial charge in [-0.1, -0.05) is 0 Å². The number of halogens is 4. The number of morpholine rings is 1. The molecule has 170 valence electrons. The van der Waals surface area contributed by atoms with Crippen molar-refractivity contribution in [2.75, 3.05) is 36.5 Å². The van der Waals surface area contributed by atoms with Gasteiger partial charge in [-0.05, 0) is 25.1 Å². The maximum absolute atomic E-state index is 13.7. The van der Waals surface area contributed by atoms with E-state index in [0.717, 1.165) is 12.1 Å². The number of carbonyl (C=O) groups is 1. The van der Waals surface area contributed by atoms with Gasteiger partial charge in [0, 0.05) is 24.0 Å². The van der Waals surface area contributed by atoms with Gasteiger partial charge in [-0.15, -0.1) is 0 Å². The first kappa shape index (κ1) is 21.8. The van der Waals surface area contributed by atoms with Crippen molar-refractivity contribution < 1.29 is 31.5 Å². The lowest BCUT2D eigenvalue weighted by Crippen LogP contribution is -2.40. The summed E-state index contributed by atoms with van der Waals surface area (Å²) in [5, 5.41) is 4.36. The monoisotopic (exact) mass is 453 g/mol. The van der Waals surface area contributed by atoms with Crippen LogP contribution in [0.15, 0.2) is 35.0 Å². The molecule has 1 aliphatic rings. The van der Waals surface area contributed by atoms with E-state index in [1.165, 1.54) is 25.4 Å². The molecular weight excluding hydrogens is 434 g/mol. The van der Waals surface area contributed by atoms with Gasteiger partial charge < -0.3 is 24.7 Å². The number of benzene rings is 1. The van der Waals surface area contributed by atoms with Crippen molar-refractivity contribution in [1.29, 1.82) is 0 Å². The highest BCUT2D eigenvalue weighted by Crippen LogP contribution is 2.38. The summed E-state index contributed by atoms with van der Waals surface area (Å²) in [4.78, 5) is 22.5. The Morgan fingerprint density at radius 2 is 1.88 bits per heavy atom. The van der Waals surface area contributed by atoms with Crippen LogP contribution in [-0.4, -0.2) is 48.5 Å². The highest BCUT2D eigenvalue weighted by Gasteiger charge is 2.45. The van der Waals surface area contributed by atoms with Crippen molar-refractivity contribution in [3.05, 3.63) is 47.7 Å². The van der Waals surface area contributed by atoms with Crippen LogP contribution in [0.4, 0.5) is 34.0 Å². The first-order valence-corrected chi connectivity index (χ1v) is 9.70. The number of nitrogens with zero attached hydrogens (tertiary/aromatic N) is 3. The smallest absolute Gasteiger partial charge is 0.416 e. The van der Waals surface area contributed by atoms with Gasteiger partial charge in [-0.25, -0.2) is 19.2 Å². The molecule has 3 aromatic rings. The Kier molecular flexibility index (Phi) is 5.87. The number of ether oxygens (including phenoxy) is 1. The van der Waals surface area contributed by atoms with E-state index in [9.17, 15) is 22.4 Å². The molecule has 0 aliphatic carbocycles. The van der Waals surface area contributed by atoms with Crippen LogP contribution in [0.2, 0.25) is 0 Å². The summed E-state index contributed by atoms with van der Waals surface area (Å²) >= 11 is 0. The predicted molar refractivity (Wildman–Crippen MR) is 107 cm³/mol. The Morgan fingerprint density at radius 1 is 1.19 bits per heavy atom. The van der Waals surface area contributed by atoms with Crippen LogP contribution in [-0.2, 0) is 4.74 Å². The third-order valence-electron chi connectivity index (χ3n) is 4.99. The molecule has 1 aliphatic heterocycles. The van der Waals surface area contributed by atoms with E-state index in [1.54, 1.807) is 0 Å². The summed E-state index contributed by atoms with van der Waals surface area (Å²) in [5.74, 6) is -0.701. The Morgan fingerprint density at radius 3 is 2.53 bits per heavy atom. The molecule has 2 N–H and O–H groups in total. The number of aromatic nitrogens is 2. The SMILES string of the molecule is Cc1c([C@@H](NC(=O)Nc2cnc(N3CCOCC3)nc2)C(F)(F)F)oc2ccc(F)cc12. The number of carbonyl (C=O) groups excluding carboxylic acids is 1. The fourth-order valence-corrected chi connectivity index (χ4v) is 3.39. The molecule has 0 unspecified atom stereocenters.